The lowest BCUT2D eigenvalue weighted by atomic mass is 10.0. The molecule has 0 bridgehead atoms. The monoisotopic (exact) mass is 482 g/mol. The first-order valence-corrected chi connectivity index (χ1v) is 13.7. The molecule has 36 heavy (non-hydrogen) atoms. The van der Waals surface area contributed by atoms with Crippen molar-refractivity contribution < 1.29 is 0 Å². The Bertz CT molecular complexity index is 1260. The predicted octanol–water partition coefficient (Wildman–Crippen LogP) is 7.58. The van der Waals surface area contributed by atoms with Crippen LogP contribution in [0.4, 0.5) is 11.6 Å². The van der Waals surface area contributed by atoms with E-state index in [4.69, 9.17) is 10.1 Å². The third kappa shape index (κ3) is 5.38. The number of anilines is 2. The number of pyridine rings is 1. The van der Waals surface area contributed by atoms with E-state index in [0.29, 0.717) is 12.1 Å². The van der Waals surface area contributed by atoms with Crippen molar-refractivity contribution in [3.05, 3.63) is 60.9 Å². The average molecular weight is 483 g/mol. The van der Waals surface area contributed by atoms with Gasteiger partial charge in [0.2, 0.25) is 0 Å². The van der Waals surface area contributed by atoms with Gasteiger partial charge < -0.3 is 10.6 Å². The maximum absolute atomic E-state index is 5.14. The molecule has 0 saturated heterocycles. The van der Waals surface area contributed by atoms with Gasteiger partial charge in [-0.25, -0.2) is 9.97 Å². The number of hydrogen-bond acceptors (Lipinski definition) is 5. The Morgan fingerprint density at radius 3 is 2.44 bits per heavy atom. The minimum atomic E-state index is 0.420. The van der Waals surface area contributed by atoms with Gasteiger partial charge in [-0.15, -0.1) is 0 Å². The molecule has 1 saturated carbocycles. The highest BCUT2D eigenvalue weighted by Gasteiger charge is 2.21. The Labute approximate surface area is 214 Å². The third-order valence-electron chi connectivity index (χ3n) is 7.30. The van der Waals surface area contributed by atoms with E-state index < -0.39 is 0 Å². The van der Waals surface area contributed by atoms with E-state index in [0.717, 1.165) is 58.9 Å². The van der Waals surface area contributed by atoms with Gasteiger partial charge in [-0.2, -0.15) is 9.61 Å². The Balaban J connectivity index is 1.59. The molecule has 6 nitrogen and oxygen atoms in total. The first-order valence-electron chi connectivity index (χ1n) is 13.7. The molecule has 4 aromatic rings. The molecule has 0 spiro atoms. The Hall–Kier alpha value is -3.41. The van der Waals surface area contributed by atoms with Gasteiger partial charge in [0, 0.05) is 30.0 Å². The Morgan fingerprint density at radius 2 is 1.69 bits per heavy atom. The zero-order chi connectivity index (χ0) is 24.7. The fourth-order valence-electron chi connectivity index (χ4n) is 5.35. The standard InChI is InChI=1S/C30H38N6/c1-3-12-24(4-2)33-26-21-23(17-19-31-26)28-29(22-13-8-7-9-14-22)35-36-27(18-20-32-30(28)36)34-25-15-10-5-6-11-16-25/h7-9,13-14,17-21,24-25,34H,3-6,10-12,15-16H2,1-2H3,(H,31,33). The lowest BCUT2D eigenvalue weighted by molar-refractivity contribution is 0.614. The molecule has 1 fully saturated rings. The van der Waals surface area contributed by atoms with Crippen molar-refractivity contribution in [1.82, 2.24) is 19.6 Å². The molecular formula is C30H38N6. The molecule has 1 aromatic carbocycles. The number of hydrogen-bond donors (Lipinski definition) is 2. The van der Waals surface area contributed by atoms with Gasteiger partial charge in [-0.3, -0.25) is 0 Å². The van der Waals surface area contributed by atoms with Crippen LogP contribution < -0.4 is 10.6 Å². The number of rotatable bonds is 9. The molecule has 1 atom stereocenters. The minimum absolute atomic E-state index is 0.420. The maximum atomic E-state index is 5.14. The van der Waals surface area contributed by atoms with E-state index in [2.05, 4.69) is 71.9 Å². The fourth-order valence-corrected chi connectivity index (χ4v) is 5.35. The molecular weight excluding hydrogens is 444 g/mol. The summed E-state index contributed by atoms with van der Waals surface area (Å²) in [5.74, 6) is 1.91. The van der Waals surface area contributed by atoms with Crippen molar-refractivity contribution in [2.75, 3.05) is 10.6 Å². The van der Waals surface area contributed by atoms with E-state index in [9.17, 15) is 0 Å². The zero-order valence-electron chi connectivity index (χ0n) is 21.6. The molecule has 0 aliphatic heterocycles. The largest absolute Gasteiger partial charge is 0.367 e. The molecule has 1 unspecified atom stereocenters. The zero-order valence-corrected chi connectivity index (χ0v) is 21.6. The molecule has 0 radical (unpaired) electrons. The second-order valence-corrected chi connectivity index (χ2v) is 9.96. The van der Waals surface area contributed by atoms with E-state index in [1.807, 2.05) is 23.0 Å². The van der Waals surface area contributed by atoms with Crippen LogP contribution >= 0.6 is 0 Å². The van der Waals surface area contributed by atoms with Gasteiger partial charge in [-0.1, -0.05) is 76.3 Å². The van der Waals surface area contributed by atoms with Crippen LogP contribution in [-0.4, -0.2) is 31.7 Å². The van der Waals surface area contributed by atoms with Gasteiger partial charge >= 0.3 is 0 Å². The summed E-state index contributed by atoms with van der Waals surface area (Å²) in [4.78, 5) is 9.47. The maximum Gasteiger partial charge on any atom is 0.165 e. The van der Waals surface area contributed by atoms with Crippen molar-refractivity contribution in [2.45, 2.75) is 83.7 Å². The number of benzene rings is 1. The Kier molecular flexibility index (Phi) is 7.79. The SMILES string of the molecule is CCCC(CC)Nc1cc(-c2c(-c3ccccc3)nn3c(NC4CCCCCC4)ccnc23)ccn1. The van der Waals surface area contributed by atoms with E-state index in [-0.39, 0.29) is 0 Å². The minimum Gasteiger partial charge on any atom is -0.367 e. The summed E-state index contributed by atoms with van der Waals surface area (Å²) in [6.07, 6.45) is 14.8. The fraction of sp³-hybridized carbons (Fsp3) is 0.433. The van der Waals surface area contributed by atoms with Crippen molar-refractivity contribution >= 4 is 17.3 Å². The lowest BCUT2D eigenvalue weighted by Crippen LogP contribution is -2.20. The molecule has 3 heterocycles. The summed E-state index contributed by atoms with van der Waals surface area (Å²) in [6.45, 7) is 4.45. The highest BCUT2D eigenvalue weighted by molar-refractivity contribution is 5.91. The van der Waals surface area contributed by atoms with Crippen LogP contribution in [0.25, 0.3) is 28.0 Å². The first-order chi connectivity index (χ1) is 17.8. The normalized spacial score (nSPS) is 15.5. The number of nitrogens with one attached hydrogen (secondary N) is 2. The summed E-state index contributed by atoms with van der Waals surface area (Å²) in [5.41, 5.74) is 5.01. The highest BCUT2D eigenvalue weighted by Crippen LogP contribution is 2.36. The van der Waals surface area contributed by atoms with Gasteiger partial charge in [0.25, 0.3) is 0 Å². The topological polar surface area (TPSA) is 67.1 Å². The highest BCUT2D eigenvalue weighted by atomic mass is 15.3. The summed E-state index contributed by atoms with van der Waals surface area (Å²) in [6, 6.07) is 17.6. The molecule has 188 valence electrons. The number of nitrogens with zero attached hydrogens (tertiary/aromatic N) is 4. The molecule has 6 heteroatoms. The van der Waals surface area contributed by atoms with Crippen LogP contribution in [0, 0.1) is 0 Å². The van der Waals surface area contributed by atoms with Crippen molar-refractivity contribution in [1.29, 1.82) is 0 Å². The Morgan fingerprint density at radius 1 is 0.917 bits per heavy atom. The van der Waals surface area contributed by atoms with E-state index in [1.54, 1.807) is 0 Å². The van der Waals surface area contributed by atoms with Crippen LogP contribution in [0.1, 0.15) is 71.6 Å². The second-order valence-electron chi connectivity index (χ2n) is 9.96. The molecule has 0 amide bonds. The molecule has 2 N–H and O–H groups in total. The quantitative estimate of drug-likeness (QED) is 0.241. The molecule has 1 aliphatic carbocycles. The van der Waals surface area contributed by atoms with Crippen LogP contribution in [0.3, 0.4) is 0 Å². The number of aromatic nitrogens is 4. The second kappa shape index (κ2) is 11.5. The molecule has 1 aliphatic rings. The lowest BCUT2D eigenvalue weighted by Gasteiger charge is -2.18. The predicted molar refractivity (Wildman–Crippen MR) is 149 cm³/mol. The van der Waals surface area contributed by atoms with Crippen molar-refractivity contribution in [3.63, 3.8) is 0 Å². The smallest absolute Gasteiger partial charge is 0.165 e. The summed E-state index contributed by atoms with van der Waals surface area (Å²) < 4.78 is 2.00. The van der Waals surface area contributed by atoms with Gasteiger partial charge in [0.05, 0.1) is 5.56 Å². The first kappa shape index (κ1) is 24.3. The summed E-state index contributed by atoms with van der Waals surface area (Å²) in [5, 5.41) is 12.6. The number of fused-ring (bicyclic) bond motifs is 1. The van der Waals surface area contributed by atoms with Crippen LogP contribution in [-0.2, 0) is 0 Å². The van der Waals surface area contributed by atoms with Crippen LogP contribution in [0.15, 0.2) is 60.9 Å². The van der Waals surface area contributed by atoms with Crippen molar-refractivity contribution in [3.8, 4) is 22.4 Å². The van der Waals surface area contributed by atoms with Crippen molar-refractivity contribution in [2.24, 2.45) is 0 Å². The molecule has 5 rings (SSSR count). The van der Waals surface area contributed by atoms with E-state index >= 15 is 0 Å². The third-order valence-corrected chi connectivity index (χ3v) is 7.30. The van der Waals surface area contributed by atoms with E-state index in [1.165, 1.54) is 38.5 Å². The summed E-state index contributed by atoms with van der Waals surface area (Å²) >= 11 is 0. The average Bonchev–Trinajstić information content (AvgIpc) is 3.13. The summed E-state index contributed by atoms with van der Waals surface area (Å²) in [7, 11) is 0. The van der Waals surface area contributed by atoms with Gasteiger partial charge in [0.15, 0.2) is 5.65 Å². The van der Waals surface area contributed by atoms with Crippen LogP contribution in [0.2, 0.25) is 0 Å². The van der Waals surface area contributed by atoms with Gasteiger partial charge in [0.1, 0.15) is 17.3 Å². The van der Waals surface area contributed by atoms with Gasteiger partial charge in [-0.05, 0) is 49.4 Å². The molecule has 3 aromatic heterocycles. The van der Waals surface area contributed by atoms with Crippen LogP contribution in [0.5, 0.6) is 0 Å².